The van der Waals surface area contributed by atoms with Gasteiger partial charge in [-0.05, 0) is 44.4 Å². The van der Waals surface area contributed by atoms with Gasteiger partial charge in [0.05, 0.1) is 11.0 Å². The number of benzene rings is 1. The van der Waals surface area contributed by atoms with E-state index in [9.17, 15) is 19.5 Å². The molecule has 1 saturated carbocycles. The third-order valence-electron chi connectivity index (χ3n) is 8.56. The van der Waals surface area contributed by atoms with Crippen LogP contribution in [0.3, 0.4) is 0 Å². The molecule has 1 aliphatic heterocycles. The van der Waals surface area contributed by atoms with Crippen LogP contribution >= 0.6 is 0 Å². The number of carbonyl (C=O) groups is 3. The molecule has 0 unspecified atom stereocenters. The van der Waals surface area contributed by atoms with Crippen LogP contribution in [0, 0.1) is 22.2 Å². The van der Waals surface area contributed by atoms with Gasteiger partial charge in [-0.25, -0.2) is 0 Å². The van der Waals surface area contributed by atoms with Gasteiger partial charge in [0.1, 0.15) is 22.9 Å². The Morgan fingerprint density at radius 2 is 1.79 bits per heavy atom. The number of hydrogen-bond acceptors (Lipinski definition) is 5. The molecule has 2 aliphatic carbocycles. The number of carbonyl (C=O) groups excluding carboxylic acids is 3. The normalized spacial score (nSPS) is 32.1. The van der Waals surface area contributed by atoms with Crippen molar-refractivity contribution in [1.82, 2.24) is 0 Å². The highest BCUT2D eigenvalue weighted by Gasteiger charge is 2.75. The van der Waals surface area contributed by atoms with Gasteiger partial charge in [0.15, 0.2) is 17.3 Å². The molecule has 1 aromatic rings. The lowest BCUT2D eigenvalue weighted by Crippen LogP contribution is -2.66. The van der Waals surface area contributed by atoms with Crippen molar-refractivity contribution < 1.29 is 24.2 Å². The molecule has 4 atom stereocenters. The van der Waals surface area contributed by atoms with Crippen LogP contribution in [0.25, 0.3) is 0 Å². The van der Waals surface area contributed by atoms with Crippen LogP contribution in [0.2, 0.25) is 0 Å². The van der Waals surface area contributed by atoms with Gasteiger partial charge in [-0.15, -0.1) is 13.2 Å². The van der Waals surface area contributed by atoms with Crippen LogP contribution in [0.4, 0.5) is 0 Å². The lowest BCUT2D eigenvalue weighted by molar-refractivity contribution is -0.169. The van der Waals surface area contributed by atoms with Crippen LogP contribution < -0.4 is 0 Å². The van der Waals surface area contributed by atoms with Gasteiger partial charge in [0.2, 0.25) is 0 Å². The zero-order valence-corrected chi connectivity index (χ0v) is 20.5. The summed E-state index contributed by atoms with van der Waals surface area (Å²) >= 11 is 0. The van der Waals surface area contributed by atoms with Gasteiger partial charge >= 0.3 is 0 Å². The Bertz CT molecular complexity index is 1100. The predicted octanol–water partition coefficient (Wildman–Crippen LogP) is 5.01. The second-order valence-electron chi connectivity index (χ2n) is 11.1. The molecule has 0 aromatic heterocycles. The van der Waals surface area contributed by atoms with E-state index in [4.69, 9.17) is 4.74 Å². The fraction of sp³-hybridized carbons (Fsp3) is 0.483. The van der Waals surface area contributed by atoms with E-state index >= 15 is 0 Å². The molecule has 3 aliphatic rings. The Morgan fingerprint density at radius 1 is 1.15 bits per heavy atom. The van der Waals surface area contributed by atoms with Gasteiger partial charge < -0.3 is 9.84 Å². The van der Waals surface area contributed by atoms with Crippen LogP contribution in [0.1, 0.15) is 63.7 Å². The van der Waals surface area contributed by atoms with Crippen molar-refractivity contribution in [3.63, 3.8) is 0 Å². The number of ketones is 3. The summed E-state index contributed by atoms with van der Waals surface area (Å²) in [6, 6.07) is 8.61. The minimum absolute atomic E-state index is 0.0425. The molecule has 34 heavy (non-hydrogen) atoms. The number of rotatable bonds is 7. The largest absolute Gasteiger partial charge is 0.490 e. The van der Waals surface area contributed by atoms with Crippen molar-refractivity contribution in [3.8, 4) is 0 Å². The Balaban J connectivity index is 2.06. The molecule has 1 aromatic carbocycles. The van der Waals surface area contributed by atoms with Crippen molar-refractivity contribution in [2.45, 2.75) is 65.1 Å². The highest BCUT2D eigenvalue weighted by Crippen LogP contribution is 2.69. The maximum absolute atomic E-state index is 14.5. The third-order valence-corrected chi connectivity index (χ3v) is 8.56. The van der Waals surface area contributed by atoms with E-state index in [1.54, 1.807) is 50.3 Å². The summed E-state index contributed by atoms with van der Waals surface area (Å²) in [4.78, 5) is 42.7. The monoisotopic (exact) mass is 462 g/mol. The summed E-state index contributed by atoms with van der Waals surface area (Å²) in [5.41, 5.74) is -4.28. The SMILES string of the molecule is C=CC[C@@H]1C[C@]23C[C@H](C(C)(C)O)OC2=C(C(=O)c2ccccc2)C(=O)[C@](CC=C)(C3=O)C1(C)C. The van der Waals surface area contributed by atoms with Crippen LogP contribution in [-0.2, 0) is 14.3 Å². The first-order valence-corrected chi connectivity index (χ1v) is 11.9. The number of allylic oxidation sites excluding steroid dienone is 4. The summed E-state index contributed by atoms with van der Waals surface area (Å²) in [5.74, 6) is -1.04. The molecule has 180 valence electrons. The summed E-state index contributed by atoms with van der Waals surface area (Å²) in [7, 11) is 0. The van der Waals surface area contributed by atoms with Gasteiger partial charge in [-0.3, -0.25) is 14.4 Å². The molecule has 1 saturated heterocycles. The number of aliphatic hydroxyl groups is 1. The topological polar surface area (TPSA) is 80.7 Å². The van der Waals surface area contributed by atoms with E-state index in [0.717, 1.165) is 0 Å². The van der Waals surface area contributed by atoms with E-state index in [1.807, 2.05) is 19.9 Å². The molecule has 2 bridgehead atoms. The molecule has 5 heteroatoms. The fourth-order valence-corrected chi connectivity index (χ4v) is 6.48. The second-order valence-corrected chi connectivity index (χ2v) is 11.1. The lowest BCUT2D eigenvalue weighted by Gasteiger charge is -2.59. The lowest BCUT2D eigenvalue weighted by atomic mass is 9.40. The summed E-state index contributed by atoms with van der Waals surface area (Å²) < 4.78 is 6.24. The predicted molar refractivity (Wildman–Crippen MR) is 130 cm³/mol. The molecule has 0 amide bonds. The van der Waals surface area contributed by atoms with Gasteiger partial charge in [0, 0.05) is 12.0 Å². The first-order chi connectivity index (χ1) is 15.9. The standard InChI is InChI=1S/C29H34O5/c1-7-12-19-16-28-17-20(27(5,6)33)34-24(28)21(22(30)18-13-10-9-11-14-18)23(31)29(15-8-2,25(28)32)26(19,3)4/h7-11,13-14,19-20,33H,1-2,12,15-17H2,3-6H3/t19-,20-,28+,29-/m1/s1. The maximum atomic E-state index is 14.5. The number of fused-ring (bicyclic) bond motifs is 1. The molecular formula is C29H34O5. The highest BCUT2D eigenvalue weighted by atomic mass is 16.5. The number of hydrogen-bond donors (Lipinski definition) is 1. The third kappa shape index (κ3) is 3.06. The molecule has 1 N–H and O–H groups in total. The Kier molecular flexibility index (Phi) is 5.64. The Morgan fingerprint density at radius 3 is 2.35 bits per heavy atom. The van der Waals surface area contributed by atoms with Crippen molar-refractivity contribution in [1.29, 1.82) is 0 Å². The second kappa shape index (κ2) is 7.88. The van der Waals surface area contributed by atoms with Crippen LogP contribution in [0.15, 0.2) is 67.0 Å². The summed E-state index contributed by atoms with van der Waals surface area (Å²) in [6.07, 6.45) is 4.14. The Hall–Kier alpha value is -2.79. The number of Topliss-reactive ketones (excluding diaryl/α,β-unsaturated/α-hetero) is 3. The Labute approximate surface area is 201 Å². The quantitative estimate of drug-likeness (QED) is 0.267. The smallest absolute Gasteiger partial charge is 0.200 e. The molecular weight excluding hydrogens is 428 g/mol. The van der Waals surface area contributed by atoms with Gasteiger partial charge in [-0.1, -0.05) is 56.3 Å². The molecule has 2 fully saturated rings. The van der Waals surface area contributed by atoms with Crippen molar-refractivity contribution >= 4 is 17.3 Å². The first kappa shape index (κ1) is 24.3. The molecule has 4 rings (SSSR count). The highest BCUT2D eigenvalue weighted by molar-refractivity contribution is 6.35. The van der Waals surface area contributed by atoms with Crippen molar-refractivity contribution in [2.75, 3.05) is 0 Å². The molecule has 1 spiro atoms. The van der Waals surface area contributed by atoms with E-state index < -0.39 is 39.5 Å². The van der Waals surface area contributed by atoms with E-state index in [2.05, 4.69) is 13.2 Å². The summed E-state index contributed by atoms with van der Waals surface area (Å²) in [6.45, 7) is 14.9. The summed E-state index contributed by atoms with van der Waals surface area (Å²) in [5, 5.41) is 10.8. The van der Waals surface area contributed by atoms with Crippen LogP contribution in [0.5, 0.6) is 0 Å². The fourth-order valence-electron chi connectivity index (χ4n) is 6.48. The molecule has 5 nitrogen and oxygen atoms in total. The van der Waals surface area contributed by atoms with Crippen molar-refractivity contribution in [2.24, 2.45) is 22.2 Å². The zero-order valence-electron chi connectivity index (χ0n) is 20.5. The van der Waals surface area contributed by atoms with Gasteiger partial charge in [0.25, 0.3) is 0 Å². The van der Waals surface area contributed by atoms with Crippen LogP contribution in [-0.4, -0.2) is 34.2 Å². The van der Waals surface area contributed by atoms with Gasteiger partial charge in [-0.2, -0.15) is 0 Å². The van der Waals surface area contributed by atoms with Crippen molar-refractivity contribution in [3.05, 3.63) is 72.5 Å². The van der Waals surface area contributed by atoms with E-state index in [1.165, 1.54) is 0 Å². The average Bonchev–Trinajstić information content (AvgIpc) is 3.16. The minimum Gasteiger partial charge on any atom is -0.490 e. The zero-order chi connectivity index (χ0) is 25.1. The van der Waals surface area contributed by atoms with E-state index in [0.29, 0.717) is 18.4 Å². The maximum Gasteiger partial charge on any atom is 0.200 e. The first-order valence-electron chi connectivity index (χ1n) is 11.9. The molecule has 0 radical (unpaired) electrons. The average molecular weight is 463 g/mol. The number of ether oxygens (including phenoxy) is 1. The minimum atomic E-state index is -1.44. The molecule has 1 heterocycles. The van der Waals surface area contributed by atoms with E-state index in [-0.39, 0.29) is 35.9 Å².